The van der Waals surface area contributed by atoms with Gasteiger partial charge in [-0.05, 0) is 44.0 Å². The third kappa shape index (κ3) is 4.67. The highest BCUT2D eigenvalue weighted by Crippen LogP contribution is 2.25. The summed E-state index contributed by atoms with van der Waals surface area (Å²) in [7, 11) is 0. The van der Waals surface area contributed by atoms with E-state index < -0.39 is 0 Å². The van der Waals surface area contributed by atoms with Crippen molar-refractivity contribution in [3.8, 4) is 5.69 Å². The van der Waals surface area contributed by atoms with Gasteiger partial charge >= 0.3 is 0 Å². The minimum atomic E-state index is 0. The van der Waals surface area contributed by atoms with Crippen molar-refractivity contribution in [1.29, 1.82) is 0 Å². The fourth-order valence-electron chi connectivity index (χ4n) is 3.71. The second-order valence-electron chi connectivity index (χ2n) is 7.35. The van der Waals surface area contributed by atoms with Gasteiger partial charge < -0.3 is 0 Å². The van der Waals surface area contributed by atoms with E-state index in [1.807, 2.05) is 10.7 Å². The van der Waals surface area contributed by atoms with Crippen molar-refractivity contribution in [3.63, 3.8) is 0 Å². The van der Waals surface area contributed by atoms with E-state index in [9.17, 15) is 0 Å². The van der Waals surface area contributed by atoms with E-state index in [2.05, 4.69) is 72.7 Å². The summed E-state index contributed by atoms with van der Waals surface area (Å²) >= 11 is 0. The summed E-state index contributed by atoms with van der Waals surface area (Å²) < 4.78 is 2.03. The van der Waals surface area contributed by atoms with Crippen LogP contribution in [0, 0.1) is 5.92 Å². The molecule has 0 bridgehead atoms. The summed E-state index contributed by atoms with van der Waals surface area (Å²) in [4.78, 5) is 2.57. The molecular formula is C24H31N3. The Balaban J connectivity index is 0.00000210. The number of hydrogen-bond acceptors (Lipinski definition) is 2. The van der Waals surface area contributed by atoms with Gasteiger partial charge in [0.1, 0.15) is 0 Å². The van der Waals surface area contributed by atoms with Crippen LogP contribution in [-0.4, -0.2) is 27.8 Å². The molecule has 27 heavy (non-hydrogen) atoms. The van der Waals surface area contributed by atoms with Gasteiger partial charge in [-0.25, -0.2) is 4.68 Å². The Morgan fingerprint density at radius 1 is 1.04 bits per heavy atom. The Hall–Kier alpha value is -2.39. The van der Waals surface area contributed by atoms with Gasteiger partial charge in [0.15, 0.2) is 0 Å². The molecule has 0 amide bonds. The van der Waals surface area contributed by atoms with Gasteiger partial charge in [-0.3, -0.25) is 4.90 Å². The first-order valence-corrected chi connectivity index (χ1v) is 9.73. The van der Waals surface area contributed by atoms with Crippen molar-refractivity contribution in [3.05, 3.63) is 78.2 Å². The normalized spacial score (nSPS) is 20.0. The number of piperidine rings is 1. The van der Waals surface area contributed by atoms with Gasteiger partial charge in [0.05, 0.1) is 11.4 Å². The number of benzene rings is 1. The SMILES string of the molecule is C.CC1C=CC=C(c2nn(-c3ccccc3)cc2CN2CCCCC2)C=C1. The van der Waals surface area contributed by atoms with E-state index in [4.69, 9.17) is 5.10 Å². The molecule has 1 aliphatic heterocycles. The molecule has 1 aromatic heterocycles. The number of para-hydroxylation sites is 1. The van der Waals surface area contributed by atoms with Gasteiger partial charge in [0, 0.05) is 23.9 Å². The maximum atomic E-state index is 4.97. The van der Waals surface area contributed by atoms with Crippen LogP contribution < -0.4 is 0 Å². The molecule has 2 heterocycles. The minimum absolute atomic E-state index is 0. The molecule has 0 saturated carbocycles. The monoisotopic (exact) mass is 361 g/mol. The van der Waals surface area contributed by atoms with Gasteiger partial charge in [-0.2, -0.15) is 5.10 Å². The first-order chi connectivity index (χ1) is 12.8. The fraction of sp³-hybridized carbons (Fsp3) is 0.375. The zero-order valence-electron chi connectivity index (χ0n) is 15.5. The third-order valence-electron chi connectivity index (χ3n) is 5.20. The van der Waals surface area contributed by atoms with Crippen LogP contribution in [0.4, 0.5) is 0 Å². The van der Waals surface area contributed by atoms with E-state index in [0.717, 1.165) is 17.9 Å². The first-order valence-electron chi connectivity index (χ1n) is 9.73. The summed E-state index contributed by atoms with van der Waals surface area (Å²) in [6.45, 7) is 5.58. The second kappa shape index (κ2) is 9.01. The average Bonchev–Trinajstić information content (AvgIpc) is 2.97. The molecule has 0 spiro atoms. The predicted molar refractivity (Wildman–Crippen MR) is 115 cm³/mol. The smallest absolute Gasteiger partial charge is 0.0972 e. The maximum absolute atomic E-state index is 4.97. The van der Waals surface area contributed by atoms with Gasteiger partial charge in [-0.1, -0.05) is 69.4 Å². The molecular weight excluding hydrogens is 330 g/mol. The van der Waals surface area contributed by atoms with Crippen LogP contribution in [0.5, 0.6) is 0 Å². The number of allylic oxidation sites excluding steroid dienone is 6. The predicted octanol–water partition coefficient (Wildman–Crippen LogP) is 5.64. The molecule has 142 valence electrons. The van der Waals surface area contributed by atoms with Crippen LogP contribution >= 0.6 is 0 Å². The Labute approximate surface area is 163 Å². The molecule has 3 nitrogen and oxygen atoms in total. The number of aromatic nitrogens is 2. The molecule has 1 aromatic carbocycles. The molecule has 1 saturated heterocycles. The van der Waals surface area contributed by atoms with Crippen molar-refractivity contribution in [2.24, 2.45) is 5.92 Å². The van der Waals surface area contributed by atoms with Crippen molar-refractivity contribution in [1.82, 2.24) is 14.7 Å². The highest BCUT2D eigenvalue weighted by molar-refractivity contribution is 5.75. The van der Waals surface area contributed by atoms with Crippen LogP contribution in [0.1, 0.15) is 44.9 Å². The summed E-state index contributed by atoms with van der Waals surface area (Å²) in [5, 5.41) is 4.97. The molecule has 1 aliphatic carbocycles. The molecule has 1 atom stereocenters. The van der Waals surface area contributed by atoms with Crippen LogP contribution in [0.25, 0.3) is 11.3 Å². The molecule has 1 fully saturated rings. The third-order valence-corrected chi connectivity index (χ3v) is 5.20. The minimum Gasteiger partial charge on any atom is -0.299 e. The molecule has 0 N–H and O–H groups in total. The number of hydrogen-bond donors (Lipinski definition) is 0. The lowest BCUT2D eigenvalue weighted by molar-refractivity contribution is 0.221. The summed E-state index contributed by atoms with van der Waals surface area (Å²) in [5.41, 5.74) is 4.73. The largest absolute Gasteiger partial charge is 0.299 e. The molecule has 4 rings (SSSR count). The number of rotatable bonds is 4. The maximum Gasteiger partial charge on any atom is 0.0972 e. The summed E-state index contributed by atoms with van der Waals surface area (Å²) in [6.07, 6.45) is 17.3. The zero-order chi connectivity index (χ0) is 17.8. The van der Waals surface area contributed by atoms with Gasteiger partial charge in [0.2, 0.25) is 0 Å². The topological polar surface area (TPSA) is 21.1 Å². The molecule has 2 aromatic rings. The summed E-state index contributed by atoms with van der Waals surface area (Å²) in [6, 6.07) is 10.4. The quantitative estimate of drug-likeness (QED) is 0.703. The van der Waals surface area contributed by atoms with E-state index in [1.165, 1.54) is 43.5 Å². The standard InChI is InChI=1S/C23H27N3.CH4/c1-19-9-8-10-20(14-13-19)23-21(17-25-15-6-3-7-16-25)18-26(24-23)22-11-4-2-5-12-22;/h2,4-5,8-14,18-19H,3,6-7,15-17H2,1H3;1H4. The van der Waals surface area contributed by atoms with E-state index >= 15 is 0 Å². The van der Waals surface area contributed by atoms with Crippen molar-refractivity contribution < 1.29 is 0 Å². The van der Waals surface area contributed by atoms with Crippen molar-refractivity contribution in [2.45, 2.75) is 40.2 Å². The van der Waals surface area contributed by atoms with Crippen LogP contribution in [0.2, 0.25) is 0 Å². The Kier molecular flexibility index (Phi) is 6.46. The lowest BCUT2D eigenvalue weighted by Crippen LogP contribution is -2.29. The summed E-state index contributed by atoms with van der Waals surface area (Å²) in [5.74, 6) is 0.463. The van der Waals surface area contributed by atoms with E-state index in [1.54, 1.807) is 0 Å². The number of nitrogens with zero attached hydrogens (tertiary/aromatic N) is 3. The Morgan fingerprint density at radius 2 is 1.81 bits per heavy atom. The van der Waals surface area contributed by atoms with Crippen LogP contribution in [0.3, 0.4) is 0 Å². The Morgan fingerprint density at radius 3 is 2.59 bits per heavy atom. The van der Waals surface area contributed by atoms with Crippen LogP contribution in [0.15, 0.2) is 66.9 Å². The van der Waals surface area contributed by atoms with Crippen LogP contribution in [-0.2, 0) is 6.54 Å². The molecule has 0 radical (unpaired) electrons. The number of likely N-dealkylation sites (tertiary alicyclic amines) is 1. The van der Waals surface area contributed by atoms with E-state index in [0.29, 0.717) is 5.92 Å². The highest BCUT2D eigenvalue weighted by Gasteiger charge is 2.18. The average molecular weight is 362 g/mol. The molecule has 1 unspecified atom stereocenters. The Bertz CT molecular complexity index is 821. The molecule has 3 heteroatoms. The van der Waals surface area contributed by atoms with Gasteiger partial charge in [-0.15, -0.1) is 0 Å². The first kappa shape index (κ1) is 19.4. The fourth-order valence-corrected chi connectivity index (χ4v) is 3.71. The lowest BCUT2D eigenvalue weighted by atomic mass is 10.1. The highest BCUT2D eigenvalue weighted by atomic mass is 15.3. The molecule has 2 aliphatic rings. The van der Waals surface area contributed by atoms with Crippen molar-refractivity contribution in [2.75, 3.05) is 13.1 Å². The zero-order valence-corrected chi connectivity index (χ0v) is 15.5. The second-order valence-corrected chi connectivity index (χ2v) is 7.35. The van der Waals surface area contributed by atoms with Crippen molar-refractivity contribution >= 4 is 5.57 Å². The van der Waals surface area contributed by atoms with Gasteiger partial charge in [0.25, 0.3) is 0 Å². The lowest BCUT2D eigenvalue weighted by Gasteiger charge is -2.26. The van der Waals surface area contributed by atoms with E-state index in [-0.39, 0.29) is 7.43 Å².